The van der Waals surface area contributed by atoms with Gasteiger partial charge in [-0.05, 0) is 18.2 Å². The lowest BCUT2D eigenvalue weighted by molar-refractivity contribution is 0.0687. The lowest BCUT2D eigenvalue weighted by atomic mass is 10.2. The first-order chi connectivity index (χ1) is 8.61. The summed E-state index contributed by atoms with van der Waals surface area (Å²) in [7, 11) is 1.65. The van der Waals surface area contributed by atoms with Crippen LogP contribution in [0.5, 0.6) is 0 Å². The van der Waals surface area contributed by atoms with Crippen LogP contribution in [-0.2, 0) is 7.05 Å². The molecule has 3 aromatic rings. The first-order valence-corrected chi connectivity index (χ1v) is 5.23. The molecule has 0 aliphatic rings. The predicted octanol–water partition coefficient (Wildman–Crippen LogP) is 1.40. The van der Waals surface area contributed by atoms with E-state index in [9.17, 15) is 4.79 Å². The van der Waals surface area contributed by atoms with Crippen LogP contribution in [-0.4, -0.2) is 25.0 Å². The molecule has 0 aliphatic heterocycles. The molecule has 2 heterocycles. The monoisotopic (exact) mass is 240 g/mol. The zero-order valence-electron chi connectivity index (χ0n) is 9.45. The highest BCUT2D eigenvalue weighted by Gasteiger charge is 2.16. The van der Waals surface area contributed by atoms with Gasteiger partial charge in [-0.2, -0.15) is 5.26 Å². The van der Waals surface area contributed by atoms with E-state index in [0.29, 0.717) is 11.3 Å². The van der Waals surface area contributed by atoms with Crippen molar-refractivity contribution >= 4 is 22.8 Å². The van der Waals surface area contributed by atoms with E-state index < -0.39 is 5.97 Å². The van der Waals surface area contributed by atoms with Crippen molar-refractivity contribution in [2.24, 2.45) is 7.05 Å². The van der Waals surface area contributed by atoms with Gasteiger partial charge in [-0.3, -0.25) is 4.40 Å². The molecule has 0 unspecified atom stereocenters. The number of carbonyl (C=O) groups is 1. The van der Waals surface area contributed by atoms with Gasteiger partial charge in [-0.25, -0.2) is 9.78 Å². The molecule has 2 aromatic heterocycles. The highest BCUT2D eigenvalue weighted by atomic mass is 16.4. The van der Waals surface area contributed by atoms with Crippen molar-refractivity contribution in [2.45, 2.75) is 0 Å². The van der Waals surface area contributed by atoms with Crippen LogP contribution in [0.4, 0.5) is 0 Å². The molecule has 0 saturated carbocycles. The van der Waals surface area contributed by atoms with Gasteiger partial charge in [0.1, 0.15) is 5.69 Å². The van der Waals surface area contributed by atoms with Crippen LogP contribution in [0.25, 0.3) is 16.8 Å². The van der Waals surface area contributed by atoms with Gasteiger partial charge in [0.05, 0.1) is 22.7 Å². The minimum atomic E-state index is -1.01. The largest absolute Gasteiger partial charge is 0.477 e. The van der Waals surface area contributed by atoms with E-state index in [-0.39, 0.29) is 5.69 Å². The first-order valence-electron chi connectivity index (χ1n) is 5.23. The molecule has 0 radical (unpaired) electrons. The summed E-state index contributed by atoms with van der Waals surface area (Å²) in [4.78, 5) is 15.4. The van der Waals surface area contributed by atoms with Crippen molar-refractivity contribution in [2.75, 3.05) is 0 Å². The van der Waals surface area contributed by atoms with Crippen LogP contribution >= 0.6 is 0 Å². The molecule has 0 atom stereocenters. The van der Waals surface area contributed by atoms with Gasteiger partial charge in [0.15, 0.2) is 0 Å². The quantitative estimate of drug-likeness (QED) is 0.696. The number of fused-ring (bicyclic) bond motifs is 3. The number of aryl methyl sites for hydroxylation is 1. The molecule has 6 heteroatoms. The third-order valence-corrected chi connectivity index (χ3v) is 2.93. The third kappa shape index (κ3) is 1.21. The molecule has 18 heavy (non-hydrogen) atoms. The number of aromatic carboxylic acids is 1. The Morgan fingerprint density at radius 1 is 1.50 bits per heavy atom. The Hall–Kier alpha value is -2.81. The molecule has 0 aliphatic carbocycles. The molecule has 3 rings (SSSR count). The zero-order chi connectivity index (χ0) is 12.9. The average molecular weight is 240 g/mol. The summed E-state index contributed by atoms with van der Waals surface area (Å²) in [5.74, 6) is -0.468. The van der Waals surface area contributed by atoms with Crippen LogP contribution in [0.15, 0.2) is 24.4 Å². The van der Waals surface area contributed by atoms with Crippen LogP contribution in [0, 0.1) is 11.3 Å². The van der Waals surface area contributed by atoms with Gasteiger partial charge < -0.3 is 9.67 Å². The van der Waals surface area contributed by atoms with Crippen molar-refractivity contribution in [3.05, 3.63) is 35.7 Å². The molecule has 0 amide bonds. The normalized spacial score (nSPS) is 10.9. The molecule has 6 nitrogen and oxygen atoms in total. The van der Waals surface area contributed by atoms with Gasteiger partial charge in [0.25, 0.3) is 0 Å². The number of imidazole rings is 2. The Labute approximate surface area is 101 Å². The minimum Gasteiger partial charge on any atom is -0.477 e. The molecule has 88 valence electrons. The summed E-state index contributed by atoms with van der Waals surface area (Å²) in [6.45, 7) is 0. The fraction of sp³-hybridized carbons (Fsp3) is 0.0833. The Balaban J connectivity index is 2.44. The Morgan fingerprint density at radius 2 is 2.28 bits per heavy atom. The second kappa shape index (κ2) is 3.34. The van der Waals surface area contributed by atoms with Crippen LogP contribution in [0.3, 0.4) is 0 Å². The fourth-order valence-electron chi connectivity index (χ4n) is 2.03. The summed E-state index contributed by atoms with van der Waals surface area (Å²) < 4.78 is 3.19. The maximum Gasteiger partial charge on any atom is 0.354 e. The standard InChI is InChI=1S/C12H8N4O2/c1-15-10(11(17)18)6-16-9-4-7(5-13)2-3-8(9)14-12(15)16/h2-4,6H,1H3,(H,17,18). The van der Waals surface area contributed by atoms with Gasteiger partial charge >= 0.3 is 5.97 Å². The van der Waals surface area contributed by atoms with Crippen LogP contribution in [0.1, 0.15) is 16.1 Å². The number of nitrogens with zero attached hydrogens (tertiary/aromatic N) is 4. The van der Waals surface area contributed by atoms with Crippen molar-refractivity contribution in [1.29, 1.82) is 5.26 Å². The van der Waals surface area contributed by atoms with Gasteiger partial charge in [0.2, 0.25) is 5.78 Å². The number of carboxylic acids is 1. The first kappa shape index (κ1) is 10.4. The Bertz CT molecular complexity index is 835. The SMILES string of the molecule is Cn1c(C(=O)O)cn2c3cc(C#N)ccc3nc12. The molecule has 1 aromatic carbocycles. The second-order valence-electron chi connectivity index (χ2n) is 3.98. The number of nitriles is 1. The predicted molar refractivity (Wildman–Crippen MR) is 63.3 cm³/mol. The molecule has 1 N–H and O–H groups in total. The summed E-state index contributed by atoms with van der Waals surface area (Å²) in [5.41, 5.74) is 2.13. The van der Waals surface area contributed by atoms with Crippen LogP contribution < -0.4 is 0 Å². The third-order valence-electron chi connectivity index (χ3n) is 2.93. The van der Waals surface area contributed by atoms with Gasteiger partial charge in [0, 0.05) is 13.2 Å². The molecule has 0 spiro atoms. The number of aromatic nitrogens is 3. The number of carboxylic acid groups (broad SMARTS) is 1. The number of benzene rings is 1. The van der Waals surface area contributed by atoms with E-state index in [2.05, 4.69) is 11.1 Å². The van der Waals surface area contributed by atoms with E-state index in [1.165, 1.54) is 10.8 Å². The highest BCUT2D eigenvalue weighted by Crippen LogP contribution is 2.20. The summed E-state index contributed by atoms with van der Waals surface area (Å²) in [5, 5.41) is 17.9. The smallest absolute Gasteiger partial charge is 0.354 e. The molecular formula is C12H8N4O2. The van der Waals surface area contributed by atoms with Crippen LogP contribution in [0.2, 0.25) is 0 Å². The fourth-order valence-corrected chi connectivity index (χ4v) is 2.03. The average Bonchev–Trinajstić information content (AvgIpc) is 2.86. The summed E-state index contributed by atoms with van der Waals surface area (Å²) >= 11 is 0. The summed E-state index contributed by atoms with van der Waals surface area (Å²) in [6.07, 6.45) is 1.51. The number of hydrogen-bond donors (Lipinski definition) is 1. The van der Waals surface area contributed by atoms with Crippen molar-refractivity contribution < 1.29 is 9.90 Å². The second-order valence-corrected chi connectivity index (χ2v) is 3.98. The maximum absolute atomic E-state index is 11.0. The van der Waals surface area contributed by atoms with E-state index in [1.54, 1.807) is 29.6 Å². The van der Waals surface area contributed by atoms with Crippen molar-refractivity contribution in [3.63, 3.8) is 0 Å². The van der Waals surface area contributed by atoms with Crippen molar-refractivity contribution in [1.82, 2.24) is 14.0 Å². The molecule has 0 fully saturated rings. The number of rotatable bonds is 1. The lowest BCUT2D eigenvalue weighted by Gasteiger charge is -1.94. The minimum absolute atomic E-state index is 0.154. The van der Waals surface area contributed by atoms with E-state index in [1.807, 2.05) is 0 Å². The number of hydrogen-bond acceptors (Lipinski definition) is 3. The zero-order valence-corrected chi connectivity index (χ0v) is 9.45. The van der Waals surface area contributed by atoms with Gasteiger partial charge in [-0.1, -0.05) is 0 Å². The molecular weight excluding hydrogens is 232 g/mol. The topological polar surface area (TPSA) is 83.3 Å². The van der Waals surface area contributed by atoms with E-state index >= 15 is 0 Å². The Morgan fingerprint density at radius 3 is 2.94 bits per heavy atom. The maximum atomic E-state index is 11.0. The molecule has 0 bridgehead atoms. The summed E-state index contributed by atoms with van der Waals surface area (Å²) in [6, 6.07) is 7.19. The lowest BCUT2D eigenvalue weighted by Crippen LogP contribution is -2.03. The highest BCUT2D eigenvalue weighted by molar-refractivity contribution is 5.89. The van der Waals surface area contributed by atoms with E-state index in [4.69, 9.17) is 10.4 Å². The van der Waals surface area contributed by atoms with Crippen molar-refractivity contribution in [3.8, 4) is 6.07 Å². The molecule has 0 saturated heterocycles. The van der Waals surface area contributed by atoms with Gasteiger partial charge in [-0.15, -0.1) is 0 Å². The Kier molecular flexibility index (Phi) is 1.92. The van der Waals surface area contributed by atoms with E-state index in [0.717, 1.165) is 11.0 Å².